The maximum atomic E-state index is 13.7. The van der Waals surface area contributed by atoms with Gasteiger partial charge in [-0.15, -0.1) is 0 Å². The second-order valence-corrected chi connectivity index (χ2v) is 11.0. The average molecular weight is 589 g/mol. The molecule has 1 N–H and O–H groups in total. The molecule has 218 valence electrons. The van der Waals surface area contributed by atoms with E-state index >= 15 is 0 Å². The molecule has 4 aromatic rings. The number of amides is 1. The predicted molar refractivity (Wildman–Crippen MR) is 160 cm³/mol. The summed E-state index contributed by atoms with van der Waals surface area (Å²) in [5, 5.41) is 11.9. The number of aromatic nitrogens is 3. The van der Waals surface area contributed by atoms with Crippen LogP contribution >= 0.6 is 11.3 Å². The smallest absolute Gasteiger partial charge is 0.301 e. The van der Waals surface area contributed by atoms with Crippen molar-refractivity contribution < 1.29 is 29.0 Å². The van der Waals surface area contributed by atoms with Crippen molar-refractivity contribution in [3.63, 3.8) is 0 Å². The lowest BCUT2D eigenvalue weighted by Crippen LogP contribution is -2.29. The molecule has 1 aliphatic rings. The minimum atomic E-state index is -1.07. The molecule has 3 aromatic heterocycles. The van der Waals surface area contributed by atoms with Crippen molar-refractivity contribution in [2.45, 2.75) is 54.0 Å². The van der Waals surface area contributed by atoms with Crippen molar-refractivity contribution in [1.82, 2.24) is 14.4 Å². The van der Waals surface area contributed by atoms with E-state index < -0.39 is 23.5 Å². The minimum absolute atomic E-state index is 0.133. The number of anilines is 1. The molecule has 11 heteroatoms. The van der Waals surface area contributed by atoms with E-state index in [4.69, 9.17) is 9.47 Å². The number of aryl methyl sites for hydroxylation is 3. The highest BCUT2D eigenvalue weighted by atomic mass is 32.1. The number of carbonyl (C=O) groups excluding carboxylic acids is 3. The fraction of sp³-hybridized carbons (Fsp3) is 0.323. The van der Waals surface area contributed by atoms with Crippen molar-refractivity contribution in [1.29, 1.82) is 0 Å². The molecule has 1 fully saturated rings. The van der Waals surface area contributed by atoms with Gasteiger partial charge in [-0.2, -0.15) is 0 Å². The third-order valence-electron chi connectivity index (χ3n) is 7.11. The number of ether oxygens (including phenoxy) is 2. The molecule has 1 aliphatic heterocycles. The quantitative estimate of drug-likeness (QED) is 0.114. The second kappa shape index (κ2) is 11.4. The number of fused-ring (bicyclic) bond motifs is 1. The Balaban J connectivity index is 1.76. The van der Waals surface area contributed by atoms with E-state index in [0.29, 0.717) is 52.2 Å². The summed E-state index contributed by atoms with van der Waals surface area (Å²) in [6.45, 7) is 11.5. The third-order valence-corrected chi connectivity index (χ3v) is 8.37. The van der Waals surface area contributed by atoms with Crippen LogP contribution in [0, 0.1) is 20.8 Å². The summed E-state index contributed by atoms with van der Waals surface area (Å²) in [6, 6.07) is 7.87. The SMILES string of the molecule is CCCOc1ccc(C2/C(=C(\O)c3nc4c(C)cccn4c3C)C(=O)C(=O)N2c2nc(C)c(C(C)=O)s2)cc1OCC. The van der Waals surface area contributed by atoms with Gasteiger partial charge in [0, 0.05) is 13.1 Å². The Kier molecular flexibility index (Phi) is 7.87. The minimum Gasteiger partial charge on any atom is -0.505 e. The van der Waals surface area contributed by atoms with Crippen LogP contribution in [0.5, 0.6) is 11.5 Å². The maximum Gasteiger partial charge on any atom is 0.301 e. The van der Waals surface area contributed by atoms with Gasteiger partial charge in [-0.1, -0.05) is 30.4 Å². The van der Waals surface area contributed by atoms with Crippen LogP contribution in [0.1, 0.15) is 71.1 Å². The first-order valence-electron chi connectivity index (χ1n) is 13.7. The molecule has 5 rings (SSSR count). The number of rotatable bonds is 9. The van der Waals surface area contributed by atoms with Gasteiger partial charge in [0.15, 0.2) is 28.2 Å². The summed E-state index contributed by atoms with van der Waals surface area (Å²) in [5.41, 5.74) is 3.13. The molecule has 1 amide bonds. The van der Waals surface area contributed by atoms with Crippen molar-refractivity contribution in [2.75, 3.05) is 18.1 Å². The van der Waals surface area contributed by atoms with E-state index in [1.807, 2.05) is 43.5 Å². The third kappa shape index (κ3) is 4.83. The molecule has 10 nitrogen and oxygen atoms in total. The van der Waals surface area contributed by atoms with Crippen molar-refractivity contribution in [3.8, 4) is 11.5 Å². The van der Waals surface area contributed by atoms with Crippen LogP contribution < -0.4 is 14.4 Å². The number of thiazole rings is 1. The molecule has 4 heterocycles. The van der Waals surface area contributed by atoms with E-state index in [1.54, 1.807) is 32.0 Å². The van der Waals surface area contributed by atoms with Gasteiger partial charge in [0.05, 0.1) is 41.1 Å². The number of pyridine rings is 1. The van der Waals surface area contributed by atoms with Crippen LogP contribution in [0.2, 0.25) is 0 Å². The first-order valence-corrected chi connectivity index (χ1v) is 14.5. The number of hydrogen-bond acceptors (Lipinski definition) is 9. The predicted octanol–water partition coefficient (Wildman–Crippen LogP) is 5.73. The van der Waals surface area contributed by atoms with Crippen LogP contribution in [0.3, 0.4) is 0 Å². The Morgan fingerprint density at radius 3 is 2.48 bits per heavy atom. The molecule has 42 heavy (non-hydrogen) atoms. The number of aliphatic hydroxyl groups excluding tert-OH is 1. The number of Topliss-reactive ketones (excluding diaryl/α,β-unsaturated/α-hetero) is 2. The number of aliphatic hydroxyl groups is 1. The summed E-state index contributed by atoms with van der Waals surface area (Å²) in [5.74, 6) is -1.38. The van der Waals surface area contributed by atoms with Gasteiger partial charge in [0.1, 0.15) is 11.3 Å². The van der Waals surface area contributed by atoms with E-state index in [1.165, 1.54) is 11.8 Å². The molecule has 1 saturated heterocycles. The van der Waals surface area contributed by atoms with Crippen molar-refractivity contribution >= 4 is 45.3 Å². The zero-order chi connectivity index (χ0) is 30.3. The maximum absolute atomic E-state index is 13.7. The van der Waals surface area contributed by atoms with E-state index in [9.17, 15) is 19.5 Å². The number of nitrogens with zero attached hydrogens (tertiary/aromatic N) is 4. The van der Waals surface area contributed by atoms with Gasteiger partial charge in [-0.3, -0.25) is 19.3 Å². The largest absolute Gasteiger partial charge is 0.505 e. The highest BCUT2D eigenvalue weighted by molar-refractivity contribution is 7.18. The molecular formula is C31H32N4O6S. The highest BCUT2D eigenvalue weighted by Gasteiger charge is 2.49. The molecule has 0 radical (unpaired) electrons. The Bertz CT molecular complexity index is 1770. The Morgan fingerprint density at radius 2 is 1.83 bits per heavy atom. The zero-order valence-electron chi connectivity index (χ0n) is 24.3. The van der Waals surface area contributed by atoms with Gasteiger partial charge in [-0.25, -0.2) is 9.97 Å². The molecular weight excluding hydrogens is 556 g/mol. The van der Waals surface area contributed by atoms with Crippen molar-refractivity contribution in [2.24, 2.45) is 0 Å². The Labute approximate surface area is 247 Å². The topological polar surface area (TPSA) is 123 Å². The van der Waals surface area contributed by atoms with Gasteiger partial charge >= 0.3 is 5.91 Å². The highest BCUT2D eigenvalue weighted by Crippen LogP contribution is 2.45. The number of imidazole rings is 1. The van der Waals surface area contributed by atoms with Gasteiger partial charge in [-0.05, 0) is 63.4 Å². The summed E-state index contributed by atoms with van der Waals surface area (Å²) in [4.78, 5) is 50.4. The molecule has 0 spiro atoms. The Hall–Kier alpha value is -4.51. The number of carbonyl (C=O) groups is 3. The first-order chi connectivity index (χ1) is 20.1. The number of benzene rings is 1. The van der Waals surface area contributed by atoms with E-state index in [-0.39, 0.29) is 22.2 Å². The summed E-state index contributed by atoms with van der Waals surface area (Å²) in [7, 11) is 0. The van der Waals surface area contributed by atoms with Gasteiger partial charge in [0.2, 0.25) is 0 Å². The van der Waals surface area contributed by atoms with E-state index in [2.05, 4.69) is 9.97 Å². The molecule has 1 unspecified atom stereocenters. The number of ketones is 2. The molecule has 0 bridgehead atoms. The fourth-order valence-corrected chi connectivity index (χ4v) is 6.11. The van der Waals surface area contributed by atoms with Gasteiger partial charge in [0.25, 0.3) is 5.78 Å². The molecule has 0 saturated carbocycles. The summed E-state index contributed by atoms with van der Waals surface area (Å²) < 4.78 is 13.6. The summed E-state index contributed by atoms with van der Waals surface area (Å²) in [6.07, 6.45) is 2.62. The fourth-order valence-electron chi connectivity index (χ4n) is 5.13. The zero-order valence-corrected chi connectivity index (χ0v) is 25.2. The lowest BCUT2D eigenvalue weighted by Gasteiger charge is -2.24. The number of hydrogen-bond donors (Lipinski definition) is 1. The van der Waals surface area contributed by atoms with Gasteiger partial charge < -0.3 is 19.0 Å². The van der Waals surface area contributed by atoms with Crippen molar-refractivity contribution in [3.05, 3.63) is 75.2 Å². The standard InChI is InChI=1S/C31H32N4O6S/c1-7-14-41-21-12-11-20(15-22(21)40-8-2)25-23(26(37)24-18(5)34-13-9-10-16(3)29(34)33-24)27(38)30(39)35(25)31-32-17(4)28(42-31)19(6)36/h9-13,15,25,37H,7-8,14H2,1-6H3/b26-23+. The lowest BCUT2D eigenvalue weighted by molar-refractivity contribution is -0.132. The average Bonchev–Trinajstić information content (AvgIpc) is 3.60. The second-order valence-electron chi connectivity index (χ2n) is 10.1. The first kappa shape index (κ1) is 29.0. The molecule has 1 aromatic carbocycles. The van der Waals surface area contributed by atoms with Crippen LogP contribution in [0.4, 0.5) is 5.13 Å². The van der Waals surface area contributed by atoms with Crippen LogP contribution in [0.25, 0.3) is 11.4 Å². The van der Waals surface area contributed by atoms with E-state index in [0.717, 1.165) is 23.3 Å². The van der Waals surface area contributed by atoms with Crippen LogP contribution in [0.15, 0.2) is 42.1 Å². The van der Waals surface area contributed by atoms with Crippen LogP contribution in [-0.4, -0.2) is 50.2 Å². The molecule has 0 aliphatic carbocycles. The molecule has 1 atom stereocenters. The monoisotopic (exact) mass is 588 g/mol. The van der Waals surface area contributed by atoms with Crippen LogP contribution in [-0.2, 0) is 9.59 Å². The normalized spacial score (nSPS) is 16.4. The Morgan fingerprint density at radius 1 is 1.07 bits per heavy atom. The summed E-state index contributed by atoms with van der Waals surface area (Å²) >= 11 is 1.03. The lowest BCUT2D eigenvalue weighted by atomic mass is 9.96.